The van der Waals surface area contributed by atoms with Gasteiger partial charge in [0.05, 0.1) is 0 Å². The van der Waals surface area contributed by atoms with Gasteiger partial charge < -0.3 is 4.74 Å². The average Bonchev–Trinajstić information content (AvgIpc) is 2.05. The van der Waals surface area contributed by atoms with E-state index in [1.807, 2.05) is 6.92 Å². The fraction of sp³-hybridized carbons (Fsp3) is 0.875. The molecule has 0 unspecified atom stereocenters. The zero-order valence-electron chi connectivity index (χ0n) is 7.35. The molecule has 0 saturated carbocycles. The standard InChI is InChI=1S/C8H15ClO2S/c1-2-3-8(10)11-5-7-12-6-4-9/h2-7H2,1H3. The summed E-state index contributed by atoms with van der Waals surface area (Å²) in [5.41, 5.74) is 0. The van der Waals surface area contributed by atoms with Gasteiger partial charge in [-0.05, 0) is 6.42 Å². The summed E-state index contributed by atoms with van der Waals surface area (Å²) in [5, 5.41) is 0. The summed E-state index contributed by atoms with van der Waals surface area (Å²) in [6, 6.07) is 0. The molecule has 0 aliphatic rings. The monoisotopic (exact) mass is 210 g/mol. The number of carbonyl (C=O) groups excluding carboxylic acids is 1. The summed E-state index contributed by atoms with van der Waals surface area (Å²) in [6.07, 6.45) is 1.38. The number of carbonyl (C=O) groups is 1. The SMILES string of the molecule is CCCC(=O)OCCSCCCl. The topological polar surface area (TPSA) is 26.3 Å². The lowest BCUT2D eigenvalue weighted by Crippen LogP contribution is -2.06. The number of rotatable bonds is 7. The molecule has 0 bridgehead atoms. The van der Waals surface area contributed by atoms with Crippen molar-refractivity contribution in [1.82, 2.24) is 0 Å². The summed E-state index contributed by atoms with van der Waals surface area (Å²) < 4.78 is 4.93. The number of hydrogen-bond acceptors (Lipinski definition) is 3. The van der Waals surface area contributed by atoms with Crippen molar-refractivity contribution in [2.24, 2.45) is 0 Å². The first kappa shape index (κ1) is 12.1. The third-order valence-electron chi connectivity index (χ3n) is 1.17. The van der Waals surface area contributed by atoms with Gasteiger partial charge in [-0.3, -0.25) is 4.79 Å². The summed E-state index contributed by atoms with van der Waals surface area (Å²) in [4.78, 5) is 10.8. The lowest BCUT2D eigenvalue weighted by atomic mass is 10.3. The predicted molar refractivity (Wildman–Crippen MR) is 53.9 cm³/mol. The van der Waals surface area contributed by atoms with Gasteiger partial charge in [-0.25, -0.2) is 0 Å². The normalized spacial score (nSPS) is 9.83. The van der Waals surface area contributed by atoms with Crippen LogP contribution in [0.4, 0.5) is 0 Å². The zero-order chi connectivity index (χ0) is 9.23. The first-order valence-corrected chi connectivity index (χ1v) is 5.79. The molecule has 0 rings (SSSR count). The van der Waals surface area contributed by atoms with Crippen molar-refractivity contribution in [1.29, 1.82) is 0 Å². The Bertz CT molecular complexity index is 120. The molecule has 0 spiro atoms. The van der Waals surface area contributed by atoms with Crippen molar-refractivity contribution in [2.75, 3.05) is 24.0 Å². The highest BCUT2D eigenvalue weighted by Crippen LogP contribution is 2.00. The molecule has 0 radical (unpaired) electrons. The molecule has 0 atom stereocenters. The summed E-state index contributed by atoms with van der Waals surface area (Å²) in [7, 11) is 0. The van der Waals surface area contributed by atoms with Gasteiger partial charge >= 0.3 is 5.97 Å². The van der Waals surface area contributed by atoms with Crippen LogP contribution in [0.3, 0.4) is 0 Å². The zero-order valence-corrected chi connectivity index (χ0v) is 8.92. The molecule has 0 amide bonds. The Morgan fingerprint density at radius 2 is 2.25 bits per heavy atom. The van der Waals surface area contributed by atoms with Crippen LogP contribution >= 0.6 is 23.4 Å². The van der Waals surface area contributed by atoms with Gasteiger partial charge in [-0.15, -0.1) is 11.6 Å². The van der Waals surface area contributed by atoms with Gasteiger partial charge in [-0.1, -0.05) is 6.92 Å². The maximum absolute atomic E-state index is 10.8. The van der Waals surface area contributed by atoms with E-state index < -0.39 is 0 Å². The Hall–Kier alpha value is 0.110. The third-order valence-corrected chi connectivity index (χ3v) is 2.53. The van der Waals surface area contributed by atoms with Gasteiger partial charge in [0, 0.05) is 23.8 Å². The minimum Gasteiger partial charge on any atom is -0.465 e. The molecule has 0 aliphatic heterocycles. The van der Waals surface area contributed by atoms with Crippen molar-refractivity contribution < 1.29 is 9.53 Å². The molecule has 0 aliphatic carbocycles. The maximum atomic E-state index is 10.8. The molecule has 4 heteroatoms. The second kappa shape index (κ2) is 9.20. The average molecular weight is 211 g/mol. The van der Waals surface area contributed by atoms with Crippen molar-refractivity contribution >= 4 is 29.3 Å². The highest BCUT2D eigenvalue weighted by molar-refractivity contribution is 7.99. The van der Waals surface area contributed by atoms with Gasteiger partial charge in [0.1, 0.15) is 6.61 Å². The maximum Gasteiger partial charge on any atom is 0.305 e. The van der Waals surface area contributed by atoms with Gasteiger partial charge in [0.15, 0.2) is 0 Å². The Labute approximate surface area is 83.0 Å². The lowest BCUT2D eigenvalue weighted by Gasteiger charge is -2.02. The number of alkyl halides is 1. The van der Waals surface area contributed by atoms with E-state index >= 15 is 0 Å². The molecule has 0 N–H and O–H groups in total. The predicted octanol–water partition coefficient (Wildman–Crippen LogP) is 2.30. The van der Waals surface area contributed by atoms with Gasteiger partial charge in [-0.2, -0.15) is 11.8 Å². The number of thioether (sulfide) groups is 1. The van der Waals surface area contributed by atoms with Crippen molar-refractivity contribution in [3.63, 3.8) is 0 Å². The smallest absolute Gasteiger partial charge is 0.305 e. The Kier molecular flexibility index (Phi) is 9.28. The highest BCUT2D eigenvalue weighted by atomic mass is 35.5. The Morgan fingerprint density at radius 1 is 1.50 bits per heavy atom. The molecule has 0 saturated heterocycles. The fourth-order valence-corrected chi connectivity index (χ4v) is 1.49. The second-order valence-corrected chi connectivity index (χ2v) is 3.87. The van der Waals surface area contributed by atoms with E-state index in [0.29, 0.717) is 18.9 Å². The van der Waals surface area contributed by atoms with Crippen LogP contribution in [-0.2, 0) is 9.53 Å². The summed E-state index contributed by atoms with van der Waals surface area (Å²) >= 11 is 7.17. The van der Waals surface area contributed by atoms with Crippen LogP contribution in [0.2, 0.25) is 0 Å². The number of ether oxygens (including phenoxy) is 1. The Morgan fingerprint density at radius 3 is 2.83 bits per heavy atom. The molecule has 0 aromatic heterocycles. The van der Waals surface area contributed by atoms with Crippen LogP contribution < -0.4 is 0 Å². The largest absolute Gasteiger partial charge is 0.465 e. The molecule has 0 heterocycles. The first-order valence-electron chi connectivity index (χ1n) is 4.10. The van der Waals surface area contributed by atoms with E-state index in [1.54, 1.807) is 11.8 Å². The van der Waals surface area contributed by atoms with Crippen molar-refractivity contribution in [3.05, 3.63) is 0 Å². The van der Waals surface area contributed by atoms with Crippen LogP contribution in [0, 0.1) is 0 Å². The molecule has 2 nitrogen and oxygen atoms in total. The van der Waals surface area contributed by atoms with E-state index in [0.717, 1.165) is 17.9 Å². The van der Waals surface area contributed by atoms with Crippen LogP contribution in [0.1, 0.15) is 19.8 Å². The van der Waals surface area contributed by atoms with E-state index in [2.05, 4.69) is 0 Å². The van der Waals surface area contributed by atoms with E-state index in [4.69, 9.17) is 16.3 Å². The van der Waals surface area contributed by atoms with Gasteiger partial charge in [0.25, 0.3) is 0 Å². The fourth-order valence-electron chi connectivity index (χ4n) is 0.647. The number of halogens is 1. The van der Waals surface area contributed by atoms with Crippen LogP contribution in [0.25, 0.3) is 0 Å². The number of hydrogen-bond donors (Lipinski definition) is 0. The first-order chi connectivity index (χ1) is 5.81. The summed E-state index contributed by atoms with van der Waals surface area (Å²) in [6.45, 7) is 2.48. The third kappa shape index (κ3) is 8.21. The van der Waals surface area contributed by atoms with Crippen molar-refractivity contribution in [3.8, 4) is 0 Å². The quantitative estimate of drug-likeness (QED) is 0.367. The van der Waals surface area contributed by atoms with Crippen LogP contribution in [-0.4, -0.2) is 30.0 Å². The Balaban J connectivity index is 3.03. The lowest BCUT2D eigenvalue weighted by molar-refractivity contribution is -0.142. The van der Waals surface area contributed by atoms with Gasteiger partial charge in [0.2, 0.25) is 0 Å². The van der Waals surface area contributed by atoms with Crippen molar-refractivity contribution in [2.45, 2.75) is 19.8 Å². The second-order valence-electron chi connectivity index (χ2n) is 2.27. The minimum atomic E-state index is -0.0935. The summed E-state index contributed by atoms with van der Waals surface area (Å²) in [5.74, 6) is 2.34. The van der Waals surface area contributed by atoms with Crippen LogP contribution in [0.5, 0.6) is 0 Å². The molecule has 0 aromatic carbocycles. The van der Waals surface area contributed by atoms with Crippen LogP contribution in [0.15, 0.2) is 0 Å². The minimum absolute atomic E-state index is 0.0935. The molecular weight excluding hydrogens is 196 g/mol. The molecule has 12 heavy (non-hydrogen) atoms. The highest BCUT2D eigenvalue weighted by Gasteiger charge is 1.98. The van der Waals surface area contributed by atoms with E-state index in [1.165, 1.54) is 0 Å². The van der Waals surface area contributed by atoms with E-state index in [9.17, 15) is 4.79 Å². The number of esters is 1. The molecule has 72 valence electrons. The molecular formula is C8H15ClO2S. The molecule has 0 fully saturated rings. The molecule has 0 aromatic rings. The van der Waals surface area contributed by atoms with E-state index in [-0.39, 0.29) is 5.97 Å².